The van der Waals surface area contributed by atoms with E-state index in [1.165, 1.54) is 5.56 Å². The zero-order valence-corrected chi connectivity index (χ0v) is 10.6. The lowest BCUT2D eigenvalue weighted by Crippen LogP contribution is -2.24. The molecule has 90 valence electrons. The minimum atomic E-state index is -0.0290. The van der Waals surface area contributed by atoms with Gasteiger partial charge in [-0.2, -0.15) is 0 Å². The monoisotopic (exact) mass is 222 g/mol. The van der Waals surface area contributed by atoms with Gasteiger partial charge in [-0.15, -0.1) is 0 Å². The van der Waals surface area contributed by atoms with Gasteiger partial charge >= 0.3 is 0 Å². The molecule has 0 saturated heterocycles. The molecule has 0 bridgehead atoms. The van der Waals surface area contributed by atoms with E-state index in [9.17, 15) is 0 Å². The van der Waals surface area contributed by atoms with Crippen LogP contribution in [-0.4, -0.2) is 20.7 Å². The number of nitrogens with two attached hydrogens (primary N) is 1. The van der Waals surface area contributed by atoms with Gasteiger partial charge in [-0.3, -0.25) is 0 Å². The van der Waals surface area contributed by atoms with Crippen molar-refractivity contribution in [3.05, 3.63) is 29.3 Å². The number of methoxy groups -OCH3 is 1. The summed E-state index contributed by atoms with van der Waals surface area (Å²) in [4.78, 5) is 0. The molecule has 0 spiro atoms. The van der Waals surface area contributed by atoms with Gasteiger partial charge in [0.2, 0.25) is 0 Å². The molecule has 0 aliphatic rings. The molecular weight excluding hydrogens is 200 g/mol. The summed E-state index contributed by atoms with van der Waals surface area (Å²) in [6.07, 6.45) is 0. The number of ether oxygens (including phenoxy) is 1. The molecule has 3 heteroatoms. The van der Waals surface area contributed by atoms with Crippen molar-refractivity contribution in [1.29, 1.82) is 0 Å². The summed E-state index contributed by atoms with van der Waals surface area (Å²) in [6, 6.07) is 6.21. The Labute approximate surface area is 98.0 Å². The minimum Gasteiger partial charge on any atom is -0.496 e. The van der Waals surface area contributed by atoms with Gasteiger partial charge in [0.1, 0.15) is 5.75 Å². The maximum absolute atomic E-state index is 6.11. The molecule has 0 aromatic heterocycles. The summed E-state index contributed by atoms with van der Waals surface area (Å²) in [6.45, 7) is 5.10. The number of rotatable bonds is 5. The second-order valence-corrected chi connectivity index (χ2v) is 4.32. The highest BCUT2D eigenvalue weighted by Gasteiger charge is 2.12. The van der Waals surface area contributed by atoms with Crippen LogP contribution in [-0.2, 0) is 0 Å². The zero-order chi connectivity index (χ0) is 12.1. The molecule has 0 aliphatic heterocycles. The Balaban J connectivity index is 3.06. The zero-order valence-electron chi connectivity index (χ0n) is 10.6. The molecule has 3 N–H and O–H groups in total. The van der Waals surface area contributed by atoms with Gasteiger partial charge < -0.3 is 15.8 Å². The highest BCUT2D eigenvalue weighted by molar-refractivity contribution is 5.40. The fourth-order valence-corrected chi connectivity index (χ4v) is 1.73. The number of hydrogen-bond donors (Lipinski definition) is 2. The van der Waals surface area contributed by atoms with E-state index in [1.807, 2.05) is 13.1 Å². The molecule has 0 fully saturated rings. The Morgan fingerprint density at radius 2 is 2.06 bits per heavy atom. The number of likely N-dealkylation sites (N-methyl/N-ethyl adjacent to an activating group) is 1. The molecule has 0 saturated carbocycles. The van der Waals surface area contributed by atoms with Crippen molar-refractivity contribution in [2.24, 2.45) is 5.73 Å². The molecule has 0 heterocycles. The van der Waals surface area contributed by atoms with Crippen molar-refractivity contribution < 1.29 is 4.74 Å². The Morgan fingerprint density at radius 3 is 2.56 bits per heavy atom. The quantitative estimate of drug-likeness (QED) is 0.801. The van der Waals surface area contributed by atoms with E-state index in [0.717, 1.165) is 17.9 Å². The molecule has 16 heavy (non-hydrogen) atoms. The summed E-state index contributed by atoms with van der Waals surface area (Å²) in [7, 11) is 3.58. The largest absolute Gasteiger partial charge is 0.496 e. The first kappa shape index (κ1) is 13.0. The van der Waals surface area contributed by atoms with Gasteiger partial charge in [-0.25, -0.2) is 0 Å². The predicted molar refractivity (Wildman–Crippen MR) is 67.9 cm³/mol. The van der Waals surface area contributed by atoms with Gasteiger partial charge in [-0.1, -0.05) is 26.0 Å². The third-order valence-electron chi connectivity index (χ3n) is 2.74. The van der Waals surface area contributed by atoms with Crippen LogP contribution in [0.1, 0.15) is 36.9 Å². The summed E-state index contributed by atoms with van der Waals surface area (Å²) in [5.74, 6) is 1.37. The van der Waals surface area contributed by atoms with E-state index >= 15 is 0 Å². The van der Waals surface area contributed by atoms with Crippen molar-refractivity contribution in [1.82, 2.24) is 5.32 Å². The molecule has 3 nitrogen and oxygen atoms in total. The molecule has 1 rings (SSSR count). The van der Waals surface area contributed by atoms with Gasteiger partial charge in [0.25, 0.3) is 0 Å². The second-order valence-electron chi connectivity index (χ2n) is 4.32. The van der Waals surface area contributed by atoms with Crippen molar-refractivity contribution in [3.63, 3.8) is 0 Å². The van der Waals surface area contributed by atoms with Crippen molar-refractivity contribution in [2.45, 2.75) is 25.8 Å². The maximum Gasteiger partial charge on any atom is 0.123 e. The molecule has 1 atom stereocenters. The average Bonchev–Trinajstić information content (AvgIpc) is 2.28. The molecule has 0 amide bonds. The Morgan fingerprint density at radius 1 is 1.38 bits per heavy atom. The lowest BCUT2D eigenvalue weighted by molar-refractivity contribution is 0.404. The van der Waals surface area contributed by atoms with E-state index < -0.39 is 0 Å². The van der Waals surface area contributed by atoms with Gasteiger partial charge in [0, 0.05) is 18.2 Å². The first-order valence-electron chi connectivity index (χ1n) is 5.68. The lowest BCUT2D eigenvalue weighted by Gasteiger charge is -2.17. The highest BCUT2D eigenvalue weighted by atomic mass is 16.5. The van der Waals surface area contributed by atoms with Crippen LogP contribution in [0.25, 0.3) is 0 Å². The topological polar surface area (TPSA) is 47.3 Å². The summed E-state index contributed by atoms with van der Waals surface area (Å²) in [5, 5.41) is 3.09. The Bertz CT molecular complexity index is 337. The van der Waals surface area contributed by atoms with E-state index in [0.29, 0.717) is 5.92 Å². The standard InChI is InChI=1S/C13H22N2O/c1-9(2)10-5-6-13(16-4)11(7-10)12(14)8-15-3/h5-7,9,12,15H,8,14H2,1-4H3. The van der Waals surface area contributed by atoms with Gasteiger partial charge in [0.05, 0.1) is 7.11 Å². The van der Waals surface area contributed by atoms with Crippen molar-refractivity contribution in [3.8, 4) is 5.75 Å². The first-order chi connectivity index (χ1) is 7.60. The fourth-order valence-electron chi connectivity index (χ4n) is 1.73. The van der Waals surface area contributed by atoms with Crippen LogP contribution in [0.3, 0.4) is 0 Å². The third kappa shape index (κ3) is 2.97. The van der Waals surface area contributed by atoms with Crippen LogP contribution in [0.5, 0.6) is 5.75 Å². The number of nitrogens with one attached hydrogen (secondary N) is 1. The van der Waals surface area contributed by atoms with Crippen LogP contribution in [0, 0.1) is 0 Å². The van der Waals surface area contributed by atoms with Crippen LogP contribution in [0.15, 0.2) is 18.2 Å². The Kier molecular flexibility index (Phi) is 4.77. The molecule has 1 aromatic rings. The normalized spacial score (nSPS) is 12.9. The van der Waals surface area contributed by atoms with E-state index in [-0.39, 0.29) is 6.04 Å². The van der Waals surface area contributed by atoms with E-state index in [1.54, 1.807) is 7.11 Å². The van der Waals surface area contributed by atoms with Crippen molar-refractivity contribution in [2.75, 3.05) is 20.7 Å². The second kappa shape index (κ2) is 5.87. The summed E-state index contributed by atoms with van der Waals surface area (Å²) < 4.78 is 5.34. The number of benzene rings is 1. The minimum absolute atomic E-state index is 0.0290. The summed E-state index contributed by atoms with van der Waals surface area (Å²) in [5.41, 5.74) is 8.47. The SMILES string of the molecule is CNCC(N)c1cc(C(C)C)ccc1OC. The van der Waals surface area contributed by atoms with Gasteiger partial charge in [0.15, 0.2) is 0 Å². The van der Waals surface area contributed by atoms with Crippen molar-refractivity contribution >= 4 is 0 Å². The van der Waals surface area contributed by atoms with Crippen LogP contribution < -0.4 is 15.8 Å². The third-order valence-corrected chi connectivity index (χ3v) is 2.74. The van der Waals surface area contributed by atoms with Crippen LogP contribution >= 0.6 is 0 Å². The van der Waals surface area contributed by atoms with E-state index in [4.69, 9.17) is 10.5 Å². The highest BCUT2D eigenvalue weighted by Crippen LogP contribution is 2.27. The summed E-state index contributed by atoms with van der Waals surface area (Å²) >= 11 is 0. The smallest absolute Gasteiger partial charge is 0.123 e. The maximum atomic E-state index is 6.11. The van der Waals surface area contributed by atoms with Crippen LogP contribution in [0.4, 0.5) is 0 Å². The van der Waals surface area contributed by atoms with Gasteiger partial charge in [-0.05, 0) is 24.6 Å². The predicted octanol–water partition coefficient (Wildman–Crippen LogP) is 2.04. The fraction of sp³-hybridized carbons (Fsp3) is 0.538. The molecular formula is C13H22N2O. The van der Waals surface area contributed by atoms with E-state index in [2.05, 4.69) is 31.3 Å². The average molecular weight is 222 g/mol. The Hall–Kier alpha value is -1.06. The number of hydrogen-bond acceptors (Lipinski definition) is 3. The molecule has 1 unspecified atom stereocenters. The first-order valence-corrected chi connectivity index (χ1v) is 5.68. The molecule has 0 radical (unpaired) electrons. The molecule has 0 aliphatic carbocycles. The molecule has 1 aromatic carbocycles. The van der Waals surface area contributed by atoms with Crippen LogP contribution in [0.2, 0.25) is 0 Å². The lowest BCUT2D eigenvalue weighted by atomic mass is 9.97.